The molecule has 0 spiro atoms. The van der Waals surface area contributed by atoms with Crippen molar-refractivity contribution in [2.45, 2.75) is 13.8 Å². The Balaban J connectivity index is 1.66. The van der Waals surface area contributed by atoms with Crippen molar-refractivity contribution in [3.8, 4) is 5.75 Å². The molecule has 0 unspecified atom stereocenters. The Morgan fingerprint density at radius 1 is 1.19 bits per heavy atom. The van der Waals surface area contributed by atoms with Gasteiger partial charge < -0.3 is 14.5 Å². The first-order valence-electron chi connectivity index (χ1n) is 8.40. The van der Waals surface area contributed by atoms with E-state index in [1.165, 1.54) is 0 Å². The predicted octanol–water partition coefficient (Wildman–Crippen LogP) is 5.51. The standard InChI is InChI=1S/C21H17ClN2O3/c1-11-6-19-16(9-17(11)22)12(2)20(27-19)21(25)24-14-7-13-4-5-15(26-3)8-18(13)23-10-14/h4-10H,1-3H3,(H,24,25). The van der Waals surface area contributed by atoms with Crippen molar-refractivity contribution in [2.75, 3.05) is 12.4 Å². The van der Waals surface area contributed by atoms with Gasteiger partial charge >= 0.3 is 0 Å². The summed E-state index contributed by atoms with van der Waals surface area (Å²) in [6.45, 7) is 3.74. The molecule has 2 aromatic heterocycles. The smallest absolute Gasteiger partial charge is 0.291 e. The van der Waals surface area contributed by atoms with Crippen LogP contribution >= 0.6 is 11.6 Å². The van der Waals surface area contributed by atoms with Crippen LogP contribution in [0.2, 0.25) is 5.02 Å². The number of aryl methyl sites for hydroxylation is 2. The van der Waals surface area contributed by atoms with E-state index in [4.69, 9.17) is 20.8 Å². The van der Waals surface area contributed by atoms with E-state index < -0.39 is 0 Å². The van der Waals surface area contributed by atoms with Crippen molar-refractivity contribution in [3.63, 3.8) is 0 Å². The molecule has 5 nitrogen and oxygen atoms in total. The summed E-state index contributed by atoms with van der Waals surface area (Å²) in [6, 6.07) is 11.1. The van der Waals surface area contributed by atoms with E-state index in [1.807, 2.05) is 50.2 Å². The Hall–Kier alpha value is -3.05. The van der Waals surface area contributed by atoms with Crippen LogP contribution in [0.5, 0.6) is 5.75 Å². The average molecular weight is 381 g/mol. The molecule has 0 saturated heterocycles. The van der Waals surface area contributed by atoms with Gasteiger partial charge in [0.1, 0.15) is 11.3 Å². The van der Waals surface area contributed by atoms with E-state index in [2.05, 4.69) is 10.3 Å². The molecule has 2 aromatic carbocycles. The summed E-state index contributed by atoms with van der Waals surface area (Å²) in [5.41, 5.74) is 3.68. The fourth-order valence-corrected chi connectivity index (χ4v) is 3.21. The number of furan rings is 1. The topological polar surface area (TPSA) is 64.4 Å². The molecular formula is C21H17ClN2O3. The molecule has 0 aliphatic heterocycles. The van der Waals surface area contributed by atoms with Gasteiger partial charge in [0.25, 0.3) is 5.91 Å². The lowest BCUT2D eigenvalue weighted by Crippen LogP contribution is -2.12. The average Bonchev–Trinajstić information content (AvgIpc) is 2.97. The van der Waals surface area contributed by atoms with Crippen molar-refractivity contribution in [1.29, 1.82) is 0 Å². The van der Waals surface area contributed by atoms with Crippen LogP contribution < -0.4 is 10.1 Å². The van der Waals surface area contributed by atoms with Crippen LogP contribution in [0.15, 0.2) is 47.0 Å². The molecule has 0 bridgehead atoms. The van der Waals surface area contributed by atoms with Gasteiger partial charge in [0.2, 0.25) is 0 Å². The van der Waals surface area contributed by atoms with Crippen molar-refractivity contribution >= 4 is 45.1 Å². The second kappa shape index (κ2) is 6.59. The van der Waals surface area contributed by atoms with Crippen LogP contribution in [0.1, 0.15) is 21.7 Å². The maximum Gasteiger partial charge on any atom is 0.291 e. The van der Waals surface area contributed by atoms with E-state index in [-0.39, 0.29) is 11.7 Å². The van der Waals surface area contributed by atoms with Gasteiger partial charge in [-0.3, -0.25) is 9.78 Å². The summed E-state index contributed by atoms with van der Waals surface area (Å²) in [5.74, 6) is 0.673. The molecular weight excluding hydrogens is 364 g/mol. The number of halogens is 1. The fraction of sp³-hybridized carbons (Fsp3) is 0.143. The molecule has 0 aliphatic rings. The van der Waals surface area contributed by atoms with Gasteiger partial charge in [0.05, 0.1) is 24.5 Å². The van der Waals surface area contributed by atoms with Crippen LogP contribution in [-0.4, -0.2) is 18.0 Å². The van der Waals surface area contributed by atoms with Crippen LogP contribution in [0.25, 0.3) is 21.9 Å². The highest BCUT2D eigenvalue weighted by molar-refractivity contribution is 6.32. The zero-order chi connectivity index (χ0) is 19.1. The highest BCUT2D eigenvalue weighted by atomic mass is 35.5. The summed E-state index contributed by atoms with van der Waals surface area (Å²) in [4.78, 5) is 17.1. The van der Waals surface area contributed by atoms with E-state index in [9.17, 15) is 4.79 Å². The third-order valence-electron chi connectivity index (χ3n) is 4.57. The van der Waals surface area contributed by atoms with Gasteiger partial charge in [-0.15, -0.1) is 0 Å². The summed E-state index contributed by atoms with van der Waals surface area (Å²) in [5, 5.41) is 5.23. The van der Waals surface area contributed by atoms with E-state index in [0.717, 1.165) is 33.2 Å². The molecule has 0 aliphatic carbocycles. The van der Waals surface area contributed by atoms with Gasteiger partial charge in [-0.1, -0.05) is 11.6 Å². The van der Waals surface area contributed by atoms with Gasteiger partial charge in [-0.05, 0) is 49.7 Å². The number of rotatable bonds is 3. The monoisotopic (exact) mass is 380 g/mol. The van der Waals surface area contributed by atoms with Crippen molar-refractivity contribution in [3.05, 3.63) is 64.5 Å². The summed E-state index contributed by atoms with van der Waals surface area (Å²) in [7, 11) is 1.61. The van der Waals surface area contributed by atoms with Gasteiger partial charge in [-0.25, -0.2) is 0 Å². The Bertz CT molecular complexity index is 1200. The number of ether oxygens (including phenoxy) is 1. The summed E-state index contributed by atoms with van der Waals surface area (Å²) in [6.07, 6.45) is 1.61. The van der Waals surface area contributed by atoms with Crippen LogP contribution in [0, 0.1) is 13.8 Å². The van der Waals surface area contributed by atoms with Crippen LogP contribution in [-0.2, 0) is 0 Å². The number of nitrogens with one attached hydrogen (secondary N) is 1. The number of benzene rings is 2. The lowest BCUT2D eigenvalue weighted by atomic mass is 10.1. The highest BCUT2D eigenvalue weighted by Gasteiger charge is 2.19. The SMILES string of the molecule is COc1ccc2cc(NC(=O)c3oc4cc(C)c(Cl)cc4c3C)cnc2c1. The summed E-state index contributed by atoms with van der Waals surface area (Å²) < 4.78 is 11.0. The lowest BCUT2D eigenvalue weighted by Gasteiger charge is -2.06. The third-order valence-corrected chi connectivity index (χ3v) is 4.98. The highest BCUT2D eigenvalue weighted by Crippen LogP contribution is 2.31. The van der Waals surface area contributed by atoms with Crippen molar-refractivity contribution < 1.29 is 13.9 Å². The Morgan fingerprint density at radius 2 is 2.00 bits per heavy atom. The summed E-state index contributed by atoms with van der Waals surface area (Å²) >= 11 is 6.20. The number of pyridine rings is 1. The third kappa shape index (κ3) is 3.11. The quantitative estimate of drug-likeness (QED) is 0.508. The van der Waals surface area contributed by atoms with Gasteiger partial charge in [-0.2, -0.15) is 0 Å². The molecule has 4 aromatic rings. The van der Waals surface area contributed by atoms with Crippen molar-refractivity contribution in [2.24, 2.45) is 0 Å². The molecule has 0 saturated carbocycles. The molecule has 136 valence electrons. The number of methoxy groups -OCH3 is 1. The number of carbonyl (C=O) groups is 1. The van der Waals surface area contributed by atoms with E-state index in [1.54, 1.807) is 13.3 Å². The number of amides is 1. The van der Waals surface area contributed by atoms with E-state index >= 15 is 0 Å². The Kier molecular flexibility index (Phi) is 4.24. The maximum absolute atomic E-state index is 12.7. The number of anilines is 1. The number of hydrogen-bond acceptors (Lipinski definition) is 4. The van der Waals surface area contributed by atoms with Gasteiger partial charge in [0, 0.05) is 27.4 Å². The lowest BCUT2D eigenvalue weighted by molar-refractivity contribution is 0.0998. The first-order valence-corrected chi connectivity index (χ1v) is 8.78. The number of hydrogen-bond donors (Lipinski definition) is 1. The first kappa shape index (κ1) is 17.4. The normalized spacial score (nSPS) is 11.1. The van der Waals surface area contributed by atoms with E-state index in [0.29, 0.717) is 16.3 Å². The number of aromatic nitrogens is 1. The Morgan fingerprint density at radius 3 is 2.78 bits per heavy atom. The zero-order valence-electron chi connectivity index (χ0n) is 15.1. The first-order chi connectivity index (χ1) is 13.0. The number of carbonyl (C=O) groups excluding carboxylic acids is 1. The second-order valence-electron chi connectivity index (χ2n) is 6.39. The molecule has 0 radical (unpaired) electrons. The minimum absolute atomic E-state index is 0.265. The minimum atomic E-state index is -0.327. The molecule has 0 atom stereocenters. The molecule has 6 heteroatoms. The maximum atomic E-state index is 12.7. The van der Waals surface area contributed by atoms with Gasteiger partial charge in [0.15, 0.2) is 5.76 Å². The van der Waals surface area contributed by atoms with Crippen LogP contribution in [0.3, 0.4) is 0 Å². The molecule has 0 fully saturated rings. The van der Waals surface area contributed by atoms with Crippen LogP contribution in [0.4, 0.5) is 5.69 Å². The molecule has 2 heterocycles. The van der Waals surface area contributed by atoms with Crippen molar-refractivity contribution in [1.82, 2.24) is 4.98 Å². The number of nitrogens with zero attached hydrogens (tertiary/aromatic N) is 1. The largest absolute Gasteiger partial charge is 0.497 e. The Labute approximate surface area is 160 Å². The minimum Gasteiger partial charge on any atom is -0.497 e. The number of fused-ring (bicyclic) bond motifs is 2. The fourth-order valence-electron chi connectivity index (χ4n) is 3.04. The molecule has 1 amide bonds. The molecule has 1 N–H and O–H groups in total. The second-order valence-corrected chi connectivity index (χ2v) is 6.80. The molecule has 4 rings (SSSR count). The zero-order valence-corrected chi connectivity index (χ0v) is 15.8. The predicted molar refractivity (Wildman–Crippen MR) is 107 cm³/mol. The molecule has 27 heavy (non-hydrogen) atoms.